The van der Waals surface area contributed by atoms with E-state index in [-0.39, 0.29) is 35.7 Å². The largest absolute Gasteiger partial charge is 0.467 e. The van der Waals surface area contributed by atoms with Gasteiger partial charge in [0.2, 0.25) is 5.91 Å². The van der Waals surface area contributed by atoms with Gasteiger partial charge in [0, 0.05) is 49.9 Å². The summed E-state index contributed by atoms with van der Waals surface area (Å²) >= 11 is 7.22. The van der Waals surface area contributed by atoms with Crippen LogP contribution in [0.1, 0.15) is 22.3 Å². The van der Waals surface area contributed by atoms with E-state index in [4.69, 9.17) is 16.3 Å². The first kappa shape index (κ1) is 31.8. The molecule has 12 heteroatoms. The maximum Gasteiger partial charge on any atom is 0.316 e. The van der Waals surface area contributed by atoms with E-state index in [0.29, 0.717) is 28.6 Å². The minimum atomic E-state index is -0.478. The van der Waals surface area contributed by atoms with Gasteiger partial charge in [0.15, 0.2) is 5.16 Å². The summed E-state index contributed by atoms with van der Waals surface area (Å²) in [4.78, 5) is 40.6. The van der Waals surface area contributed by atoms with Gasteiger partial charge in [0.25, 0.3) is 5.56 Å². The lowest BCUT2D eigenvalue weighted by molar-refractivity contribution is -0.131. The number of aromatic nitrogens is 4. The maximum absolute atomic E-state index is 13.6. The quantitative estimate of drug-likeness (QED) is 0.125. The molecule has 0 N–H and O–H groups in total. The summed E-state index contributed by atoms with van der Waals surface area (Å²) in [5, 5.41) is 0.415. The lowest BCUT2D eigenvalue weighted by Gasteiger charge is -2.20. The second-order valence-corrected chi connectivity index (χ2v) is 11.6. The Labute approximate surface area is 267 Å². The lowest BCUT2D eigenvalue weighted by atomic mass is 10.0. The molecule has 2 heterocycles. The molecule has 0 aliphatic rings. The molecule has 3 aromatic carbocycles. The van der Waals surface area contributed by atoms with Crippen molar-refractivity contribution in [1.29, 1.82) is 0 Å². The molecule has 0 bridgehead atoms. The Balaban J connectivity index is 1.33. The molecule has 0 radical (unpaired) electrons. The van der Waals surface area contributed by atoms with Crippen LogP contribution in [0.2, 0.25) is 5.02 Å². The van der Waals surface area contributed by atoms with Crippen molar-refractivity contribution in [3.8, 4) is 17.1 Å². The van der Waals surface area contributed by atoms with Crippen LogP contribution in [0.25, 0.3) is 11.1 Å². The van der Waals surface area contributed by atoms with E-state index in [1.54, 1.807) is 59.4 Å². The molecular formula is C33H28ClF2N5O3S. The Kier molecular flexibility index (Phi) is 10.2. The molecule has 0 aliphatic carbocycles. The molecule has 0 saturated carbocycles. The van der Waals surface area contributed by atoms with Crippen molar-refractivity contribution in [2.24, 2.45) is 0 Å². The molecule has 0 aliphatic heterocycles. The summed E-state index contributed by atoms with van der Waals surface area (Å²) in [6, 6.07) is 18.4. The van der Waals surface area contributed by atoms with E-state index in [0.717, 1.165) is 22.3 Å². The van der Waals surface area contributed by atoms with Crippen LogP contribution < -0.4 is 10.3 Å². The summed E-state index contributed by atoms with van der Waals surface area (Å²) in [7, 11) is 3.17. The van der Waals surface area contributed by atoms with E-state index >= 15 is 0 Å². The fraction of sp³-hybridized carbons (Fsp3) is 0.182. The summed E-state index contributed by atoms with van der Waals surface area (Å²) < 4.78 is 33.6. The maximum atomic E-state index is 13.6. The molecule has 1 amide bonds. The van der Waals surface area contributed by atoms with Crippen LogP contribution in [-0.4, -0.2) is 44.5 Å². The summed E-state index contributed by atoms with van der Waals surface area (Å²) in [5.74, 6) is -0.589. The number of methoxy groups -OCH3 is 1. The molecule has 0 saturated heterocycles. The number of amides is 1. The van der Waals surface area contributed by atoms with Gasteiger partial charge < -0.3 is 14.2 Å². The zero-order valence-corrected chi connectivity index (χ0v) is 26.0. The highest BCUT2D eigenvalue weighted by atomic mass is 35.5. The third-order valence-corrected chi connectivity index (χ3v) is 8.28. The van der Waals surface area contributed by atoms with Crippen molar-refractivity contribution in [2.75, 3.05) is 14.2 Å². The number of hydrogen-bond acceptors (Lipinski definition) is 7. The minimum absolute atomic E-state index is 0.0506. The highest BCUT2D eigenvalue weighted by Gasteiger charge is 2.16. The van der Waals surface area contributed by atoms with E-state index in [1.807, 2.05) is 24.3 Å². The normalized spacial score (nSPS) is 11.0. The van der Waals surface area contributed by atoms with Crippen molar-refractivity contribution >= 4 is 29.3 Å². The number of hydrogen-bond donors (Lipinski definition) is 0. The summed E-state index contributed by atoms with van der Waals surface area (Å²) in [5.41, 5.74) is 4.03. The number of ether oxygens (including phenoxy) is 1. The van der Waals surface area contributed by atoms with Gasteiger partial charge in [0.1, 0.15) is 18.2 Å². The third-order valence-electron chi connectivity index (χ3n) is 6.93. The van der Waals surface area contributed by atoms with Crippen molar-refractivity contribution in [3.05, 3.63) is 135 Å². The molecule has 0 spiro atoms. The monoisotopic (exact) mass is 647 g/mol. The van der Waals surface area contributed by atoms with Gasteiger partial charge in [-0.1, -0.05) is 65.8 Å². The van der Waals surface area contributed by atoms with Gasteiger partial charge in [-0.25, -0.2) is 18.7 Å². The van der Waals surface area contributed by atoms with Crippen LogP contribution in [0.3, 0.4) is 0 Å². The van der Waals surface area contributed by atoms with Crippen LogP contribution in [0.4, 0.5) is 8.78 Å². The molecule has 2 aromatic heterocycles. The zero-order valence-electron chi connectivity index (χ0n) is 24.4. The van der Waals surface area contributed by atoms with Gasteiger partial charge in [-0.2, -0.15) is 4.98 Å². The third kappa shape index (κ3) is 8.31. The van der Waals surface area contributed by atoms with Gasteiger partial charge in [-0.15, -0.1) is 0 Å². The van der Waals surface area contributed by atoms with Gasteiger partial charge in [-0.3, -0.25) is 9.59 Å². The fourth-order valence-electron chi connectivity index (χ4n) is 4.47. The molecule has 8 nitrogen and oxygen atoms in total. The van der Waals surface area contributed by atoms with Gasteiger partial charge in [0.05, 0.1) is 12.1 Å². The van der Waals surface area contributed by atoms with Crippen molar-refractivity contribution in [2.45, 2.75) is 30.4 Å². The first-order chi connectivity index (χ1) is 21.7. The Morgan fingerprint density at radius 1 is 0.956 bits per heavy atom. The molecule has 5 aromatic rings. The van der Waals surface area contributed by atoms with Crippen LogP contribution in [0.15, 0.2) is 95.3 Å². The van der Waals surface area contributed by atoms with Crippen LogP contribution in [0, 0.1) is 11.6 Å². The Morgan fingerprint density at radius 2 is 1.62 bits per heavy atom. The second kappa shape index (κ2) is 14.4. The summed E-state index contributed by atoms with van der Waals surface area (Å²) in [6.45, 7) is 0.277. The molecule has 5 rings (SSSR count). The number of likely N-dealkylation sites (N-methyl/N-ethyl adjacent to an activating group) is 1. The second-order valence-electron chi connectivity index (χ2n) is 10.2. The molecule has 0 atom stereocenters. The van der Waals surface area contributed by atoms with Gasteiger partial charge >= 0.3 is 6.01 Å². The highest BCUT2D eigenvalue weighted by Crippen LogP contribution is 2.26. The number of thioether (sulfide) groups is 1. The lowest BCUT2D eigenvalue weighted by Crippen LogP contribution is -2.31. The van der Waals surface area contributed by atoms with E-state index in [9.17, 15) is 18.4 Å². The SMILES string of the molecule is COc1ncc(Cc2cn(CC(=O)N(C)Cc3ccc(-c4ccc(F)c(Cl)c4)cc3)c(SCc3ccc(F)cc3)nc2=O)cn1. The van der Waals surface area contributed by atoms with Crippen LogP contribution in [-0.2, 0) is 30.1 Å². The fourth-order valence-corrected chi connectivity index (χ4v) is 5.57. The molecule has 0 unspecified atom stereocenters. The molecular weight excluding hydrogens is 620 g/mol. The van der Waals surface area contributed by atoms with Crippen LogP contribution in [0.5, 0.6) is 6.01 Å². The van der Waals surface area contributed by atoms with Gasteiger partial charge in [-0.05, 0) is 52.1 Å². The number of nitrogens with zero attached hydrogens (tertiary/aromatic N) is 5. The number of rotatable bonds is 11. The predicted octanol–water partition coefficient (Wildman–Crippen LogP) is 6.18. The number of carbonyl (C=O) groups is 1. The average molecular weight is 648 g/mol. The first-order valence-electron chi connectivity index (χ1n) is 13.8. The topological polar surface area (TPSA) is 90.2 Å². The Hall–Kier alpha value is -4.61. The van der Waals surface area contributed by atoms with E-state index in [2.05, 4.69) is 15.0 Å². The Bertz CT molecular complexity index is 1850. The zero-order chi connectivity index (χ0) is 31.9. The first-order valence-corrected chi connectivity index (χ1v) is 15.2. The predicted molar refractivity (Wildman–Crippen MR) is 169 cm³/mol. The standard InChI is InChI=1S/C33H28ClF2N5O3S/c1-40(17-21-3-7-24(8-4-21)25-9-12-29(36)28(34)14-25)30(42)19-41-18-26(13-23-15-37-32(44-2)38-16-23)31(43)39-33(41)45-20-22-5-10-27(35)11-6-22/h3-12,14-16,18H,13,17,19-20H2,1-2H3. The van der Waals surface area contributed by atoms with E-state index < -0.39 is 11.4 Å². The smallest absolute Gasteiger partial charge is 0.316 e. The van der Waals surface area contributed by atoms with E-state index in [1.165, 1.54) is 37.1 Å². The van der Waals surface area contributed by atoms with Crippen molar-refractivity contribution in [1.82, 2.24) is 24.4 Å². The molecule has 0 fully saturated rings. The van der Waals surface area contributed by atoms with Crippen LogP contribution >= 0.6 is 23.4 Å². The Morgan fingerprint density at radius 3 is 2.29 bits per heavy atom. The molecule has 45 heavy (non-hydrogen) atoms. The summed E-state index contributed by atoms with van der Waals surface area (Å²) in [6.07, 6.45) is 5.00. The average Bonchev–Trinajstić information content (AvgIpc) is 3.04. The number of benzene rings is 3. The highest BCUT2D eigenvalue weighted by molar-refractivity contribution is 7.98. The van der Waals surface area contributed by atoms with Crippen molar-refractivity contribution in [3.63, 3.8) is 0 Å². The number of carbonyl (C=O) groups excluding carboxylic acids is 1. The number of halogens is 3. The van der Waals surface area contributed by atoms with Crippen molar-refractivity contribution < 1.29 is 18.3 Å². The minimum Gasteiger partial charge on any atom is -0.467 e. The molecule has 230 valence electrons.